The first kappa shape index (κ1) is 13.8. The van der Waals surface area contributed by atoms with Crippen molar-refractivity contribution in [2.24, 2.45) is 11.1 Å². The highest BCUT2D eigenvalue weighted by molar-refractivity contribution is 5.95. The fourth-order valence-corrected chi connectivity index (χ4v) is 2.84. The molecule has 1 amide bonds. The van der Waals surface area contributed by atoms with Gasteiger partial charge in [-0.15, -0.1) is 0 Å². The Kier molecular flexibility index (Phi) is 3.70. The van der Waals surface area contributed by atoms with E-state index in [0.717, 1.165) is 25.7 Å². The highest BCUT2D eigenvalue weighted by atomic mass is 16.2. The maximum absolute atomic E-state index is 12.4. The van der Waals surface area contributed by atoms with Crippen LogP contribution < -0.4 is 11.1 Å². The van der Waals surface area contributed by atoms with Crippen molar-refractivity contribution in [1.29, 1.82) is 0 Å². The number of anilines is 1. The van der Waals surface area contributed by atoms with Gasteiger partial charge in [0.15, 0.2) is 5.82 Å². The summed E-state index contributed by atoms with van der Waals surface area (Å²) in [5, 5.41) is 7.05. The largest absolute Gasteiger partial charge is 0.329 e. The molecule has 2 aromatic heterocycles. The van der Waals surface area contributed by atoms with E-state index in [-0.39, 0.29) is 5.91 Å². The Morgan fingerprint density at radius 2 is 2.19 bits per heavy atom. The zero-order chi connectivity index (χ0) is 14.7. The summed E-state index contributed by atoms with van der Waals surface area (Å²) >= 11 is 0. The van der Waals surface area contributed by atoms with E-state index in [9.17, 15) is 4.79 Å². The maximum atomic E-state index is 12.4. The van der Waals surface area contributed by atoms with Crippen LogP contribution in [0.2, 0.25) is 0 Å². The molecule has 2 heterocycles. The van der Waals surface area contributed by atoms with Gasteiger partial charge in [0.05, 0.1) is 17.3 Å². The summed E-state index contributed by atoms with van der Waals surface area (Å²) in [6.07, 6.45) is 9.05. The smallest absolute Gasteiger partial charge is 0.231 e. The second kappa shape index (κ2) is 5.65. The van der Waals surface area contributed by atoms with Gasteiger partial charge in [-0.3, -0.25) is 4.79 Å². The van der Waals surface area contributed by atoms with E-state index in [1.807, 2.05) is 24.4 Å². The van der Waals surface area contributed by atoms with Crippen LogP contribution in [0.3, 0.4) is 0 Å². The number of rotatable bonds is 4. The summed E-state index contributed by atoms with van der Waals surface area (Å²) in [4.78, 5) is 16.7. The molecule has 3 rings (SSSR count). The minimum absolute atomic E-state index is 0.0103. The Balaban J connectivity index is 1.72. The monoisotopic (exact) mass is 285 g/mol. The Morgan fingerprint density at radius 3 is 2.76 bits per heavy atom. The lowest BCUT2D eigenvalue weighted by atomic mass is 9.85. The van der Waals surface area contributed by atoms with Crippen molar-refractivity contribution in [3.63, 3.8) is 0 Å². The van der Waals surface area contributed by atoms with Gasteiger partial charge in [0.2, 0.25) is 5.91 Å². The van der Waals surface area contributed by atoms with Crippen molar-refractivity contribution in [2.75, 3.05) is 11.9 Å². The van der Waals surface area contributed by atoms with Gasteiger partial charge in [0.1, 0.15) is 0 Å². The molecular weight excluding hydrogens is 266 g/mol. The van der Waals surface area contributed by atoms with E-state index in [1.54, 1.807) is 17.1 Å². The minimum atomic E-state index is -0.402. The zero-order valence-electron chi connectivity index (χ0n) is 11.8. The number of nitrogens with one attached hydrogen (secondary N) is 1. The molecule has 2 aromatic rings. The normalized spacial score (nSPS) is 16.8. The number of hydrogen-bond acceptors (Lipinski definition) is 4. The summed E-state index contributed by atoms with van der Waals surface area (Å²) in [6, 6.07) is 5.50. The molecule has 0 radical (unpaired) electrons. The van der Waals surface area contributed by atoms with Gasteiger partial charge in [0.25, 0.3) is 0 Å². The lowest BCUT2D eigenvalue weighted by Gasteiger charge is -2.25. The van der Waals surface area contributed by atoms with Crippen LogP contribution in [0, 0.1) is 5.41 Å². The molecule has 1 aliphatic rings. The van der Waals surface area contributed by atoms with E-state index in [1.165, 1.54) is 0 Å². The zero-order valence-corrected chi connectivity index (χ0v) is 11.8. The number of pyridine rings is 1. The van der Waals surface area contributed by atoms with Crippen LogP contribution in [0.4, 0.5) is 5.69 Å². The van der Waals surface area contributed by atoms with Gasteiger partial charge in [-0.1, -0.05) is 12.8 Å². The van der Waals surface area contributed by atoms with Crippen molar-refractivity contribution in [2.45, 2.75) is 25.7 Å². The van der Waals surface area contributed by atoms with E-state index in [4.69, 9.17) is 5.73 Å². The number of hydrogen-bond donors (Lipinski definition) is 2. The molecule has 0 unspecified atom stereocenters. The second-order valence-corrected chi connectivity index (χ2v) is 5.50. The third-order valence-corrected chi connectivity index (χ3v) is 4.18. The van der Waals surface area contributed by atoms with E-state index < -0.39 is 5.41 Å². The van der Waals surface area contributed by atoms with Gasteiger partial charge in [-0.2, -0.15) is 5.10 Å². The van der Waals surface area contributed by atoms with Crippen molar-refractivity contribution in [3.8, 4) is 5.82 Å². The molecule has 6 nitrogen and oxygen atoms in total. The maximum Gasteiger partial charge on any atom is 0.231 e. The molecule has 0 saturated heterocycles. The molecule has 0 aliphatic heterocycles. The average molecular weight is 285 g/mol. The number of nitrogens with zero attached hydrogens (tertiary/aromatic N) is 3. The van der Waals surface area contributed by atoms with E-state index in [0.29, 0.717) is 18.1 Å². The van der Waals surface area contributed by atoms with Crippen LogP contribution in [0.15, 0.2) is 36.8 Å². The summed E-state index contributed by atoms with van der Waals surface area (Å²) in [7, 11) is 0. The summed E-state index contributed by atoms with van der Waals surface area (Å²) < 4.78 is 1.67. The fraction of sp³-hybridized carbons (Fsp3) is 0.400. The quantitative estimate of drug-likeness (QED) is 0.895. The van der Waals surface area contributed by atoms with E-state index in [2.05, 4.69) is 15.4 Å². The van der Waals surface area contributed by atoms with Gasteiger partial charge >= 0.3 is 0 Å². The predicted octanol–water partition coefficient (Wildman–Crippen LogP) is 1.72. The summed E-state index contributed by atoms with van der Waals surface area (Å²) in [5.74, 6) is 0.726. The molecule has 0 aromatic carbocycles. The Labute approximate surface area is 123 Å². The highest BCUT2D eigenvalue weighted by Gasteiger charge is 2.39. The van der Waals surface area contributed by atoms with Gasteiger partial charge < -0.3 is 11.1 Å². The van der Waals surface area contributed by atoms with Crippen LogP contribution in [-0.4, -0.2) is 27.2 Å². The first-order valence-corrected chi connectivity index (χ1v) is 7.21. The van der Waals surface area contributed by atoms with E-state index >= 15 is 0 Å². The second-order valence-electron chi connectivity index (χ2n) is 5.50. The third-order valence-electron chi connectivity index (χ3n) is 4.18. The Bertz CT molecular complexity index is 600. The first-order chi connectivity index (χ1) is 10.2. The van der Waals surface area contributed by atoms with Crippen LogP contribution in [0.25, 0.3) is 5.82 Å². The fourth-order valence-electron chi connectivity index (χ4n) is 2.84. The van der Waals surface area contributed by atoms with Gasteiger partial charge in [0, 0.05) is 18.9 Å². The molecule has 0 bridgehead atoms. The lowest BCUT2D eigenvalue weighted by Crippen LogP contribution is -2.40. The van der Waals surface area contributed by atoms with Crippen molar-refractivity contribution < 1.29 is 4.79 Å². The SMILES string of the molecule is NCC1(C(=O)Nc2ccc(-n3cccn3)nc2)CCCC1. The predicted molar refractivity (Wildman–Crippen MR) is 79.9 cm³/mol. The molecule has 1 aliphatic carbocycles. The third kappa shape index (κ3) is 2.67. The molecule has 1 saturated carbocycles. The average Bonchev–Trinajstić information content (AvgIpc) is 3.20. The number of carbonyl (C=O) groups is 1. The van der Waals surface area contributed by atoms with Crippen molar-refractivity contribution >= 4 is 11.6 Å². The highest BCUT2D eigenvalue weighted by Crippen LogP contribution is 2.38. The van der Waals surface area contributed by atoms with Crippen molar-refractivity contribution in [3.05, 3.63) is 36.8 Å². The minimum Gasteiger partial charge on any atom is -0.329 e. The van der Waals surface area contributed by atoms with Gasteiger partial charge in [-0.05, 0) is 31.0 Å². The topological polar surface area (TPSA) is 85.8 Å². The molecule has 0 atom stereocenters. The number of nitrogens with two attached hydrogens (primary N) is 1. The van der Waals surface area contributed by atoms with Crippen LogP contribution in [0.5, 0.6) is 0 Å². The number of carbonyl (C=O) groups excluding carboxylic acids is 1. The van der Waals surface area contributed by atoms with Gasteiger partial charge in [-0.25, -0.2) is 9.67 Å². The lowest BCUT2D eigenvalue weighted by molar-refractivity contribution is -0.124. The molecule has 110 valence electrons. The Hall–Kier alpha value is -2.21. The van der Waals surface area contributed by atoms with Crippen LogP contribution in [0.1, 0.15) is 25.7 Å². The molecule has 6 heteroatoms. The van der Waals surface area contributed by atoms with Crippen LogP contribution >= 0.6 is 0 Å². The molecule has 0 spiro atoms. The molecule has 21 heavy (non-hydrogen) atoms. The molecule has 3 N–H and O–H groups in total. The standard InChI is InChI=1S/C15H19N5O/c16-11-15(6-1-2-7-15)14(21)19-12-4-5-13(17-10-12)20-9-3-8-18-20/h3-5,8-10H,1-2,6-7,11,16H2,(H,19,21). The van der Waals surface area contributed by atoms with Crippen molar-refractivity contribution in [1.82, 2.24) is 14.8 Å². The molecule has 1 fully saturated rings. The molecular formula is C15H19N5O. The first-order valence-electron chi connectivity index (χ1n) is 7.21. The summed E-state index contributed by atoms with van der Waals surface area (Å²) in [6.45, 7) is 0.400. The number of aromatic nitrogens is 3. The Morgan fingerprint density at radius 1 is 1.38 bits per heavy atom. The number of amides is 1. The summed E-state index contributed by atoms with van der Waals surface area (Å²) in [5.41, 5.74) is 6.11. The van der Waals surface area contributed by atoms with Crippen LogP contribution in [-0.2, 0) is 4.79 Å².